The fraction of sp³-hybridized carbons (Fsp3) is 0.214. The molecule has 5 rings (SSSR count). The molecular weight excluding hydrogens is 456 g/mol. The predicted octanol–water partition coefficient (Wildman–Crippen LogP) is 5.70. The molecule has 6 nitrogen and oxygen atoms in total. The Morgan fingerprint density at radius 2 is 1.91 bits per heavy atom. The lowest BCUT2D eigenvalue weighted by molar-refractivity contribution is -0.126. The third-order valence-corrected chi connectivity index (χ3v) is 7.10. The molecule has 35 heavy (non-hydrogen) atoms. The molecule has 0 aliphatic carbocycles. The van der Waals surface area contributed by atoms with E-state index in [1.165, 1.54) is 0 Å². The van der Waals surface area contributed by atoms with Crippen LogP contribution in [-0.2, 0) is 4.79 Å². The second-order valence-electron chi connectivity index (χ2n) is 8.41. The van der Waals surface area contributed by atoms with Crippen LogP contribution in [0.3, 0.4) is 0 Å². The van der Waals surface area contributed by atoms with Gasteiger partial charge in [-0.2, -0.15) is 0 Å². The molecule has 4 aromatic rings. The van der Waals surface area contributed by atoms with Gasteiger partial charge in [0.05, 0.1) is 12.8 Å². The lowest BCUT2D eigenvalue weighted by atomic mass is 9.88. The van der Waals surface area contributed by atoms with Gasteiger partial charge in [-0.05, 0) is 60.2 Å². The summed E-state index contributed by atoms with van der Waals surface area (Å²) in [6.07, 6.45) is 10.7. The SMILES string of the molecule is COc1cccc(-c2cnc(-c3ccncc3)nc2C2CCN(C(=O)/C=C/c3cccs3)CC2)c1. The number of carbonyl (C=O) groups is 1. The number of ether oxygens (including phenoxy) is 1. The van der Waals surface area contributed by atoms with E-state index in [1.807, 2.05) is 65.0 Å². The first-order chi connectivity index (χ1) is 17.2. The minimum atomic E-state index is 0.0602. The zero-order valence-corrected chi connectivity index (χ0v) is 20.3. The molecule has 7 heteroatoms. The topological polar surface area (TPSA) is 68.2 Å². The van der Waals surface area contributed by atoms with Crippen LogP contribution in [0.5, 0.6) is 5.75 Å². The van der Waals surface area contributed by atoms with Crippen LogP contribution in [0.2, 0.25) is 0 Å². The number of aromatic nitrogens is 3. The summed E-state index contributed by atoms with van der Waals surface area (Å²) in [5.74, 6) is 1.77. The molecule has 0 bridgehead atoms. The number of methoxy groups -OCH3 is 1. The average Bonchev–Trinajstić information content (AvgIpc) is 3.46. The molecular formula is C28H26N4O2S. The Bertz CT molecular complexity index is 1310. The highest BCUT2D eigenvalue weighted by atomic mass is 32.1. The third kappa shape index (κ3) is 5.30. The van der Waals surface area contributed by atoms with E-state index in [-0.39, 0.29) is 11.8 Å². The summed E-state index contributed by atoms with van der Waals surface area (Å²) < 4.78 is 5.45. The van der Waals surface area contributed by atoms with Crippen LogP contribution in [0, 0.1) is 0 Å². The van der Waals surface area contributed by atoms with Crippen LogP contribution >= 0.6 is 11.3 Å². The second kappa shape index (κ2) is 10.6. The lowest BCUT2D eigenvalue weighted by Gasteiger charge is -2.32. The van der Waals surface area contributed by atoms with Crippen molar-refractivity contribution < 1.29 is 9.53 Å². The molecule has 0 N–H and O–H groups in total. The maximum atomic E-state index is 12.7. The van der Waals surface area contributed by atoms with Gasteiger partial charge < -0.3 is 9.64 Å². The fourth-order valence-corrected chi connectivity index (χ4v) is 5.00. The smallest absolute Gasteiger partial charge is 0.246 e. The molecule has 1 aromatic carbocycles. The van der Waals surface area contributed by atoms with Crippen LogP contribution < -0.4 is 4.74 Å². The number of piperidine rings is 1. The van der Waals surface area contributed by atoms with Crippen molar-refractivity contribution in [2.24, 2.45) is 0 Å². The first kappa shape index (κ1) is 22.9. The highest BCUT2D eigenvalue weighted by Crippen LogP contribution is 2.36. The van der Waals surface area contributed by atoms with Gasteiger partial charge in [0.1, 0.15) is 5.75 Å². The fourth-order valence-electron chi connectivity index (χ4n) is 4.38. The summed E-state index contributed by atoms with van der Waals surface area (Å²) in [7, 11) is 1.67. The number of benzene rings is 1. The number of hydrogen-bond donors (Lipinski definition) is 0. The van der Waals surface area contributed by atoms with Crippen LogP contribution in [0.4, 0.5) is 0 Å². The highest BCUT2D eigenvalue weighted by Gasteiger charge is 2.27. The summed E-state index contributed by atoms with van der Waals surface area (Å²) in [6, 6.07) is 15.8. The van der Waals surface area contributed by atoms with Gasteiger partial charge in [0.15, 0.2) is 5.82 Å². The molecule has 0 saturated carbocycles. The molecule has 0 spiro atoms. The molecule has 0 unspecified atom stereocenters. The minimum absolute atomic E-state index is 0.0602. The number of rotatable bonds is 6. The quantitative estimate of drug-likeness (QED) is 0.330. The summed E-state index contributed by atoms with van der Waals surface area (Å²) >= 11 is 1.63. The number of thiophene rings is 1. The molecule has 1 amide bonds. The Kier molecular flexibility index (Phi) is 6.95. The first-order valence-electron chi connectivity index (χ1n) is 11.6. The minimum Gasteiger partial charge on any atom is -0.497 e. The van der Waals surface area contributed by atoms with Crippen LogP contribution in [0.25, 0.3) is 28.6 Å². The van der Waals surface area contributed by atoms with Gasteiger partial charge in [-0.3, -0.25) is 9.78 Å². The molecule has 1 aliphatic rings. The van der Waals surface area contributed by atoms with Gasteiger partial charge in [-0.15, -0.1) is 11.3 Å². The van der Waals surface area contributed by atoms with Crippen molar-refractivity contribution >= 4 is 23.3 Å². The van der Waals surface area contributed by atoms with E-state index in [2.05, 4.69) is 16.0 Å². The van der Waals surface area contributed by atoms with Crippen molar-refractivity contribution in [2.45, 2.75) is 18.8 Å². The largest absolute Gasteiger partial charge is 0.497 e. The van der Waals surface area contributed by atoms with E-state index in [9.17, 15) is 4.79 Å². The maximum absolute atomic E-state index is 12.7. The van der Waals surface area contributed by atoms with E-state index < -0.39 is 0 Å². The van der Waals surface area contributed by atoms with Crippen LogP contribution in [0.1, 0.15) is 29.3 Å². The van der Waals surface area contributed by atoms with E-state index in [0.29, 0.717) is 18.9 Å². The van der Waals surface area contributed by atoms with Crippen molar-refractivity contribution in [3.05, 3.63) is 89.1 Å². The van der Waals surface area contributed by atoms with E-state index in [4.69, 9.17) is 9.72 Å². The first-order valence-corrected chi connectivity index (χ1v) is 12.5. The summed E-state index contributed by atoms with van der Waals surface area (Å²) in [5, 5.41) is 2.01. The number of hydrogen-bond acceptors (Lipinski definition) is 6. The molecule has 0 atom stereocenters. The van der Waals surface area contributed by atoms with Gasteiger partial charge in [0.2, 0.25) is 5.91 Å². The molecule has 176 valence electrons. The number of carbonyl (C=O) groups excluding carboxylic acids is 1. The van der Waals surface area contributed by atoms with Crippen LogP contribution in [0.15, 0.2) is 78.6 Å². The Morgan fingerprint density at radius 1 is 1.09 bits per heavy atom. The van der Waals surface area contributed by atoms with Gasteiger partial charge in [-0.25, -0.2) is 9.97 Å². The van der Waals surface area contributed by atoms with Crippen molar-refractivity contribution in [1.82, 2.24) is 19.9 Å². The number of likely N-dealkylation sites (tertiary alicyclic amines) is 1. The highest BCUT2D eigenvalue weighted by molar-refractivity contribution is 7.10. The zero-order chi connectivity index (χ0) is 24.0. The number of pyridine rings is 1. The van der Waals surface area contributed by atoms with Crippen molar-refractivity contribution in [3.63, 3.8) is 0 Å². The summed E-state index contributed by atoms with van der Waals surface area (Å²) in [6.45, 7) is 1.40. The normalized spacial score (nSPS) is 14.4. The standard InChI is InChI=1S/C28H26N4O2S/c1-34-23-5-2-4-22(18-23)25-19-30-28(21-9-13-29-14-10-21)31-27(25)20-11-15-32(16-12-20)26(33)8-7-24-6-3-17-35-24/h2-10,13-14,17-20H,11-12,15-16H2,1H3/b8-7+. The van der Waals surface area contributed by atoms with Crippen molar-refractivity contribution in [2.75, 3.05) is 20.2 Å². The number of amides is 1. The van der Waals surface area contributed by atoms with Crippen molar-refractivity contribution in [3.8, 4) is 28.3 Å². The van der Waals surface area contributed by atoms with E-state index >= 15 is 0 Å². The van der Waals surface area contributed by atoms with E-state index in [1.54, 1.807) is 36.9 Å². The molecule has 4 heterocycles. The third-order valence-electron chi connectivity index (χ3n) is 6.26. The monoisotopic (exact) mass is 482 g/mol. The molecule has 0 radical (unpaired) electrons. The Hall–Kier alpha value is -3.84. The Morgan fingerprint density at radius 3 is 2.66 bits per heavy atom. The van der Waals surface area contributed by atoms with Crippen LogP contribution in [-0.4, -0.2) is 46.0 Å². The van der Waals surface area contributed by atoms with Crippen molar-refractivity contribution in [1.29, 1.82) is 0 Å². The lowest BCUT2D eigenvalue weighted by Crippen LogP contribution is -2.37. The Balaban J connectivity index is 1.41. The molecule has 1 aliphatic heterocycles. The maximum Gasteiger partial charge on any atom is 0.246 e. The summed E-state index contributed by atoms with van der Waals surface area (Å²) in [5.41, 5.74) is 3.98. The Labute approximate surface area is 209 Å². The molecule has 3 aromatic heterocycles. The zero-order valence-electron chi connectivity index (χ0n) is 19.5. The number of nitrogens with zero attached hydrogens (tertiary/aromatic N) is 4. The van der Waals surface area contributed by atoms with Gasteiger partial charge in [0.25, 0.3) is 0 Å². The van der Waals surface area contributed by atoms with E-state index in [0.717, 1.165) is 45.9 Å². The molecule has 1 fully saturated rings. The second-order valence-corrected chi connectivity index (χ2v) is 9.39. The molecule has 1 saturated heterocycles. The van der Waals surface area contributed by atoms with Gasteiger partial charge >= 0.3 is 0 Å². The average molecular weight is 483 g/mol. The van der Waals surface area contributed by atoms with Gasteiger partial charge in [0, 0.05) is 59.7 Å². The van der Waals surface area contributed by atoms with Gasteiger partial charge in [-0.1, -0.05) is 18.2 Å². The summed E-state index contributed by atoms with van der Waals surface area (Å²) in [4.78, 5) is 29.6. The predicted molar refractivity (Wildman–Crippen MR) is 139 cm³/mol.